The molecule has 5 aromatic carbocycles. The molecule has 164 valence electrons. The number of para-hydroxylation sites is 3. The second kappa shape index (κ2) is 6.87. The van der Waals surface area contributed by atoms with Crippen LogP contribution in [0.3, 0.4) is 0 Å². The van der Waals surface area contributed by atoms with Crippen molar-refractivity contribution >= 4 is 54.9 Å². The van der Waals surface area contributed by atoms with Gasteiger partial charge in [-0.05, 0) is 53.6 Å². The van der Waals surface area contributed by atoms with Gasteiger partial charge in [-0.15, -0.1) is 0 Å². The summed E-state index contributed by atoms with van der Waals surface area (Å²) in [5.41, 5.74) is 8.18. The van der Waals surface area contributed by atoms with E-state index in [1.54, 1.807) is 0 Å². The van der Waals surface area contributed by atoms with E-state index in [1.165, 1.54) is 16.5 Å². The molecule has 3 heterocycles. The van der Waals surface area contributed by atoms with Crippen molar-refractivity contribution in [3.05, 3.63) is 115 Å². The molecule has 0 fully saturated rings. The monoisotopic (exact) mass is 449 g/mol. The number of aromatic nitrogens is 1. The Bertz CT molecular complexity index is 2050. The molecule has 0 N–H and O–H groups in total. The van der Waals surface area contributed by atoms with Crippen molar-refractivity contribution in [2.24, 2.45) is 0 Å². The molecule has 3 heteroatoms. The zero-order valence-electron chi connectivity index (χ0n) is 18.7. The van der Waals surface area contributed by atoms with E-state index in [2.05, 4.69) is 95.6 Å². The summed E-state index contributed by atoms with van der Waals surface area (Å²) >= 11 is 0. The minimum Gasteiger partial charge on any atom is -0.456 e. The lowest BCUT2D eigenvalue weighted by atomic mass is 10.0. The quantitative estimate of drug-likeness (QED) is 0.263. The van der Waals surface area contributed by atoms with Crippen LogP contribution in [0.25, 0.3) is 71.7 Å². The van der Waals surface area contributed by atoms with E-state index in [1.807, 2.05) is 24.3 Å². The number of hydrogen-bond donors (Lipinski definition) is 0. The predicted octanol–water partition coefficient (Wildman–Crippen LogP) is 9.10. The molecule has 0 radical (unpaired) electrons. The average molecular weight is 450 g/mol. The minimum atomic E-state index is 0.881. The van der Waals surface area contributed by atoms with E-state index in [9.17, 15) is 0 Å². The zero-order valence-corrected chi connectivity index (χ0v) is 18.7. The lowest BCUT2D eigenvalue weighted by Gasteiger charge is -2.08. The SMILES string of the molecule is c1ccc2c(c1)oc1ccc(-c3ccc(-n4c5ccccc5c5c6ccccc6oc54)cc3)cc12. The second-order valence-electron chi connectivity index (χ2n) is 8.99. The van der Waals surface area contributed by atoms with Crippen LogP contribution in [0.5, 0.6) is 0 Å². The predicted molar refractivity (Wildman–Crippen MR) is 143 cm³/mol. The lowest BCUT2D eigenvalue weighted by Crippen LogP contribution is -1.93. The summed E-state index contributed by atoms with van der Waals surface area (Å²) in [7, 11) is 0. The molecule has 35 heavy (non-hydrogen) atoms. The topological polar surface area (TPSA) is 31.2 Å². The molecule has 0 bridgehead atoms. The fourth-order valence-corrected chi connectivity index (χ4v) is 5.40. The Hall–Kier alpha value is -4.76. The van der Waals surface area contributed by atoms with E-state index in [0.717, 1.165) is 55.2 Å². The minimum absolute atomic E-state index is 0.881. The van der Waals surface area contributed by atoms with Crippen molar-refractivity contribution < 1.29 is 8.83 Å². The van der Waals surface area contributed by atoms with E-state index in [0.29, 0.717) is 0 Å². The molecule has 0 aliphatic carbocycles. The number of rotatable bonds is 2. The molecule has 0 aliphatic heterocycles. The first kappa shape index (κ1) is 18.6. The van der Waals surface area contributed by atoms with E-state index in [4.69, 9.17) is 8.83 Å². The Balaban J connectivity index is 1.30. The summed E-state index contributed by atoms with van der Waals surface area (Å²) in [6.07, 6.45) is 0. The van der Waals surface area contributed by atoms with Crippen molar-refractivity contribution in [1.29, 1.82) is 0 Å². The molecule has 3 aromatic heterocycles. The van der Waals surface area contributed by atoms with Gasteiger partial charge in [-0.25, -0.2) is 0 Å². The number of furan rings is 2. The van der Waals surface area contributed by atoms with Crippen molar-refractivity contribution in [3.63, 3.8) is 0 Å². The normalized spacial score (nSPS) is 12.0. The van der Waals surface area contributed by atoms with Crippen LogP contribution < -0.4 is 0 Å². The van der Waals surface area contributed by atoms with Gasteiger partial charge in [0, 0.05) is 27.2 Å². The highest BCUT2D eigenvalue weighted by Crippen LogP contribution is 2.39. The van der Waals surface area contributed by atoms with Crippen molar-refractivity contribution in [1.82, 2.24) is 4.57 Å². The summed E-state index contributed by atoms with van der Waals surface area (Å²) < 4.78 is 14.6. The Morgan fingerprint density at radius 3 is 1.91 bits per heavy atom. The average Bonchev–Trinajstić information content (AvgIpc) is 3.57. The molecular weight excluding hydrogens is 430 g/mol. The van der Waals surface area contributed by atoms with E-state index >= 15 is 0 Å². The first-order valence-corrected chi connectivity index (χ1v) is 11.8. The summed E-state index contributed by atoms with van der Waals surface area (Å²) in [5, 5.41) is 5.80. The maximum atomic E-state index is 6.37. The fourth-order valence-electron chi connectivity index (χ4n) is 5.40. The molecule has 0 saturated carbocycles. The van der Waals surface area contributed by atoms with Gasteiger partial charge < -0.3 is 8.83 Å². The molecule has 8 rings (SSSR count). The maximum Gasteiger partial charge on any atom is 0.213 e. The molecule has 0 spiro atoms. The molecule has 8 aromatic rings. The van der Waals surface area contributed by atoms with Gasteiger partial charge in [0.1, 0.15) is 16.7 Å². The van der Waals surface area contributed by atoms with Gasteiger partial charge in [-0.2, -0.15) is 0 Å². The van der Waals surface area contributed by atoms with Gasteiger partial charge in [0.05, 0.1) is 10.9 Å². The summed E-state index contributed by atoms with van der Waals surface area (Å²) in [4.78, 5) is 0. The van der Waals surface area contributed by atoms with Crippen LogP contribution >= 0.6 is 0 Å². The highest BCUT2D eigenvalue weighted by atomic mass is 16.3. The Kier molecular flexibility index (Phi) is 3.66. The highest BCUT2D eigenvalue weighted by molar-refractivity contribution is 6.19. The lowest BCUT2D eigenvalue weighted by molar-refractivity contribution is 0.645. The van der Waals surface area contributed by atoms with Crippen molar-refractivity contribution in [2.45, 2.75) is 0 Å². The smallest absolute Gasteiger partial charge is 0.213 e. The zero-order chi connectivity index (χ0) is 22.9. The van der Waals surface area contributed by atoms with Crippen molar-refractivity contribution in [3.8, 4) is 16.8 Å². The highest BCUT2D eigenvalue weighted by Gasteiger charge is 2.18. The van der Waals surface area contributed by atoms with Crippen LogP contribution in [-0.4, -0.2) is 4.57 Å². The molecule has 0 saturated heterocycles. The summed E-state index contributed by atoms with van der Waals surface area (Å²) in [6.45, 7) is 0. The molecular formula is C32H19NO2. The molecule has 0 unspecified atom stereocenters. The maximum absolute atomic E-state index is 6.37. The summed E-state index contributed by atoms with van der Waals surface area (Å²) in [6, 6.07) is 40.1. The Labute approximate surface area is 200 Å². The van der Waals surface area contributed by atoms with Crippen molar-refractivity contribution in [2.75, 3.05) is 0 Å². The third kappa shape index (κ3) is 2.61. The van der Waals surface area contributed by atoms with Gasteiger partial charge >= 0.3 is 0 Å². The van der Waals surface area contributed by atoms with E-state index < -0.39 is 0 Å². The standard InChI is InChI=1S/C32H19NO2/c1-4-10-27-24(8-1)31-25-9-3-6-12-29(25)35-32(31)33(27)22-16-13-20(14-17-22)21-15-18-30-26(19-21)23-7-2-5-11-28(23)34-30/h1-19H. The third-order valence-electron chi connectivity index (χ3n) is 7.03. The molecule has 0 aliphatic rings. The van der Waals surface area contributed by atoms with E-state index in [-0.39, 0.29) is 0 Å². The first-order valence-electron chi connectivity index (χ1n) is 11.8. The van der Waals surface area contributed by atoms with Gasteiger partial charge in [0.2, 0.25) is 5.71 Å². The molecule has 0 atom stereocenters. The largest absolute Gasteiger partial charge is 0.456 e. The van der Waals surface area contributed by atoms with Crippen LogP contribution in [0.4, 0.5) is 0 Å². The number of nitrogens with zero attached hydrogens (tertiary/aromatic N) is 1. The number of fused-ring (bicyclic) bond motifs is 8. The Morgan fingerprint density at radius 2 is 1.09 bits per heavy atom. The van der Waals surface area contributed by atoms with Crippen LogP contribution in [0.15, 0.2) is 124 Å². The van der Waals surface area contributed by atoms with Gasteiger partial charge in [-0.1, -0.05) is 72.8 Å². The number of hydrogen-bond acceptors (Lipinski definition) is 2. The Morgan fingerprint density at radius 1 is 0.457 bits per heavy atom. The molecule has 3 nitrogen and oxygen atoms in total. The molecule has 0 amide bonds. The van der Waals surface area contributed by atoms with Gasteiger partial charge in [0.25, 0.3) is 0 Å². The number of benzene rings is 5. The third-order valence-corrected chi connectivity index (χ3v) is 7.03. The summed E-state index contributed by atoms with van der Waals surface area (Å²) in [5.74, 6) is 0. The first-order chi connectivity index (χ1) is 17.3. The van der Waals surface area contributed by atoms with Gasteiger partial charge in [0.15, 0.2) is 0 Å². The fraction of sp³-hybridized carbons (Fsp3) is 0. The second-order valence-corrected chi connectivity index (χ2v) is 8.99. The van der Waals surface area contributed by atoms with Crippen LogP contribution in [0.2, 0.25) is 0 Å². The van der Waals surface area contributed by atoms with Gasteiger partial charge in [-0.3, -0.25) is 4.57 Å². The van der Waals surface area contributed by atoms with Crippen LogP contribution in [0.1, 0.15) is 0 Å². The van der Waals surface area contributed by atoms with Crippen LogP contribution in [-0.2, 0) is 0 Å². The van der Waals surface area contributed by atoms with Crippen LogP contribution in [0, 0.1) is 0 Å².